The lowest BCUT2D eigenvalue weighted by atomic mass is 10.1. The zero-order valence-corrected chi connectivity index (χ0v) is 15.5. The number of hydrogen-bond acceptors (Lipinski definition) is 2. The average Bonchev–Trinajstić information content (AvgIpc) is 2.57. The number of benzene rings is 1. The number of guanidine groups is 1. The molecule has 0 atom stereocenters. The van der Waals surface area contributed by atoms with E-state index in [9.17, 15) is 4.79 Å². The molecule has 1 aromatic rings. The minimum absolute atomic E-state index is 0.0540. The summed E-state index contributed by atoms with van der Waals surface area (Å²) in [6.07, 6.45) is 3.63. The first-order valence-corrected chi connectivity index (χ1v) is 8.83. The van der Waals surface area contributed by atoms with Crippen LogP contribution in [0.15, 0.2) is 33.7 Å². The van der Waals surface area contributed by atoms with Gasteiger partial charge in [0.1, 0.15) is 0 Å². The van der Waals surface area contributed by atoms with E-state index in [0.717, 1.165) is 29.1 Å². The number of aliphatic imine (C=N–C) groups is 1. The van der Waals surface area contributed by atoms with Crippen LogP contribution in [0.1, 0.15) is 24.8 Å². The van der Waals surface area contributed by atoms with Gasteiger partial charge in [-0.2, -0.15) is 0 Å². The first-order valence-electron chi connectivity index (χ1n) is 8.04. The molecule has 5 nitrogen and oxygen atoms in total. The SMILES string of the molecule is CN(C)C(=O)CNC(=NCc1ccc(Br)cc1)N1CCCCC1. The maximum absolute atomic E-state index is 11.8. The van der Waals surface area contributed by atoms with Crippen molar-refractivity contribution in [1.29, 1.82) is 0 Å². The van der Waals surface area contributed by atoms with Gasteiger partial charge >= 0.3 is 0 Å². The fourth-order valence-electron chi connectivity index (χ4n) is 2.44. The summed E-state index contributed by atoms with van der Waals surface area (Å²) in [5.74, 6) is 0.890. The summed E-state index contributed by atoms with van der Waals surface area (Å²) in [4.78, 5) is 20.4. The van der Waals surface area contributed by atoms with Crippen LogP contribution in [0.3, 0.4) is 0 Å². The minimum atomic E-state index is 0.0540. The first kappa shape index (κ1) is 17.8. The molecule has 0 aliphatic carbocycles. The van der Waals surface area contributed by atoms with Crippen LogP contribution in [0, 0.1) is 0 Å². The van der Waals surface area contributed by atoms with Crippen molar-refractivity contribution in [2.24, 2.45) is 4.99 Å². The highest BCUT2D eigenvalue weighted by Gasteiger charge is 2.16. The largest absolute Gasteiger partial charge is 0.347 e. The fourth-order valence-corrected chi connectivity index (χ4v) is 2.71. The van der Waals surface area contributed by atoms with Crippen LogP contribution < -0.4 is 5.32 Å². The molecule has 1 fully saturated rings. The Kier molecular flexibility index (Phi) is 6.89. The van der Waals surface area contributed by atoms with Crippen molar-refractivity contribution in [3.05, 3.63) is 34.3 Å². The third-order valence-electron chi connectivity index (χ3n) is 3.88. The topological polar surface area (TPSA) is 47.9 Å². The van der Waals surface area contributed by atoms with E-state index in [1.54, 1.807) is 19.0 Å². The van der Waals surface area contributed by atoms with Crippen molar-refractivity contribution in [3.8, 4) is 0 Å². The number of carbonyl (C=O) groups excluding carboxylic acids is 1. The van der Waals surface area contributed by atoms with E-state index in [1.807, 2.05) is 12.1 Å². The molecule has 0 unspecified atom stereocenters. The molecule has 1 saturated heterocycles. The summed E-state index contributed by atoms with van der Waals surface area (Å²) in [5.41, 5.74) is 1.16. The Morgan fingerprint density at radius 2 is 1.87 bits per heavy atom. The number of carbonyl (C=O) groups is 1. The molecule has 0 radical (unpaired) electrons. The van der Waals surface area contributed by atoms with Crippen molar-refractivity contribution >= 4 is 27.8 Å². The van der Waals surface area contributed by atoms with Crippen LogP contribution in [0.25, 0.3) is 0 Å². The normalized spacial score (nSPS) is 15.4. The lowest BCUT2D eigenvalue weighted by Gasteiger charge is -2.30. The average molecular weight is 381 g/mol. The second-order valence-electron chi connectivity index (χ2n) is 5.96. The predicted octanol–water partition coefficient (Wildman–Crippen LogP) is 2.47. The van der Waals surface area contributed by atoms with E-state index in [2.05, 4.69) is 38.3 Å². The number of piperidine rings is 1. The lowest BCUT2D eigenvalue weighted by Crippen LogP contribution is -2.47. The molecule has 0 bridgehead atoms. The number of amides is 1. The lowest BCUT2D eigenvalue weighted by molar-refractivity contribution is -0.127. The Balaban J connectivity index is 2.03. The molecule has 2 rings (SSSR count). The predicted molar refractivity (Wildman–Crippen MR) is 97.4 cm³/mol. The van der Waals surface area contributed by atoms with Gasteiger partial charge in [-0.3, -0.25) is 4.79 Å². The molecular weight excluding hydrogens is 356 g/mol. The summed E-state index contributed by atoms with van der Waals surface area (Å²) in [5, 5.41) is 3.23. The van der Waals surface area contributed by atoms with E-state index in [1.165, 1.54) is 19.3 Å². The number of hydrogen-bond donors (Lipinski definition) is 1. The molecule has 0 aromatic heterocycles. The highest BCUT2D eigenvalue weighted by molar-refractivity contribution is 9.10. The van der Waals surface area contributed by atoms with Crippen molar-refractivity contribution in [3.63, 3.8) is 0 Å². The second kappa shape index (κ2) is 8.91. The minimum Gasteiger partial charge on any atom is -0.347 e. The van der Waals surface area contributed by atoms with Crippen molar-refractivity contribution < 1.29 is 4.79 Å². The Morgan fingerprint density at radius 1 is 1.22 bits per heavy atom. The standard InChI is InChI=1S/C17H25BrN4O/c1-21(2)16(23)13-20-17(22-10-4-3-5-11-22)19-12-14-6-8-15(18)9-7-14/h6-9H,3-5,10-13H2,1-2H3,(H,19,20). The summed E-state index contributed by atoms with van der Waals surface area (Å²) < 4.78 is 1.07. The van der Waals surface area contributed by atoms with Gasteiger partial charge in [0.2, 0.25) is 5.91 Å². The Hall–Kier alpha value is -1.56. The molecule has 1 heterocycles. The van der Waals surface area contributed by atoms with Crippen molar-refractivity contribution in [1.82, 2.24) is 15.1 Å². The first-order chi connectivity index (χ1) is 11.1. The van der Waals surface area contributed by atoms with Crippen molar-refractivity contribution in [2.75, 3.05) is 33.7 Å². The van der Waals surface area contributed by atoms with Gasteiger partial charge in [0.25, 0.3) is 0 Å². The monoisotopic (exact) mass is 380 g/mol. The molecule has 1 N–H and O–H groups in total. The molecule has 23 heavy (non-hydrogen) atoms. The second-order valence-corrected chi connectivity index (χ2v) is 6.87. The van der Waals surface area contributed by atoms with Gasteiger partial charge in [0.15, 0.2) is 5.96 Å². The highest BCUT2D eigenvalue weighted by Crippen LogP contribution is 2.12. The van der Waals surface area contributed by atoms with E-state index in [-0.39, 0.29) is 12.5 Å². The van der Waals surface area contributed by atoms with Crippen LogP contribution in [0.2, 0.25) is 0 Å². The van der Waals surface area contributed by atoms with Gasteiger partial charge in [-0.1, -0.05) is 28.1 Å². The summed E-state index contributed by atoms with van der Waals surface area (Å²) >= 11 is 3.44. The highest BCUT2D eigenvalue weighted by atomic mass is 79.9. The van der Waals surface area contributed by atoms with E-state index >= 15 is 0 Å². The summed E-state index contributed by atoms with van der Waals surface area (Å²) in [7, 11) is 3.53. The Morgan fingerprint density at radius 3 is 2.48 bits per heavy atom. The zero-order chi connectivity index (χ0) is 16.7. The molecule has 1 aliphatic rings. The van der Waals surface area contributed by atoms with Gasteiger partial charge in [0.05, 0.1) is 13.1 Å². The number of likely N-dealkylation sites (tertiary alicyclic amines) is 1. The molecule has 0 spiro atoms. The maximum Gasteiger partial charge on any atom is 0.241 e. The number of nitrogens with zero attached hydrogens (tertiary/aromatic N) is 3. The van der Waals surface area contributed by atoms with E-state index in [4.69, 9.17) is 4.99 Å². The number of nitrogens with one attached hydrogen (secondary N) is 1. The van der Waals surface area contributed by atoms with Gasteiger partial charge < -0.3 is 15.1 Å². The molecule has 1 aliphatic heterocycles. The molecular formula is C17H25BrN4O. The number of likely N-dealkylation sites (N-methyl/N-ethyl adjacent to an activating group) is 1. The van der Waals surface area contributed by atoms with Crippen LogP contribution in [0.5, 0.6) is 0 Å². The Bertz CT molecular complexity index is 536. The van der Waals surface area contributed by atoms with Crippen LogP contribution in [0.4, 0.5) is 0 Å². The smallest absolute Gasteiger partial charge is 0.241 e. The third-order valence-corrected chi connectivity index (χ3v) is 4.41. The molecule has 6 heteroatoms. The van der Waals surface area contributed by atoms with Crippen molar-refractivity contribution in [2.45, 2.75) is 25.8 Å². The summed E-state index contributed by atoms with van der Waals surface area (Å²) in [6.45, 7) is 2.90. The number of halogens is 1. The van der Waals surface area contributed by atoms with Gasteiger partial charge in [-0.15, -0.1) is 0 Å². The van der Waals surface area contributed by atoms with Gasteiger partial charge in [-0.25, -0.2) is 4.99 Å². The zero-order valence-electron chi connectivity index (χ0n) is 13.9. The van der Waals surface area contributed by atoms with E-state index < -0.39 is 0 Å². The van der Waals surface area contributed by atoms with Gasteiger partial charge in [0, 0.05) is 31.7 Å². The third kappa shape index (κ3) is 5.86. The molecule has 126 valence electrons. The number of rotatable bonds is 4. The Labute approximate surface area is 146 Å². The quantitative estimate of drug-likeness (QED) is 0.644. The van der Waals surface area contributed by atoms with Crippen LogP contribution in [-0.4, -0.2) is 55.4 Å². The maximum atomic E-state index is 11.8. The summed E-state index contributed by atoms with van der Waals surface area (Å²) in [6, 6.07) is 8.17. The van der Waals surface area contributed by atoms with Crippen LogP contribution in [-0.2, 0) is 11.3 Å². The fraction of sp³-hybridized carbons (Fsp3) is 0.529. The molecule has 1 amide bonds. The molecule has 0 saturated carbocycles. The van der Waals surface area contributed by atoms with E-state index in [0.29, 0.717) is 6.54 Å². The van der Waals surface area contributed by atoms with Gasteiger partial charge in [-0.05, 0) is 37.0 Å². The van der Waals surface area contributed by atoms with Crippen LogP contribution >= 0.6 is 15.9 Å². The molecule has 1 aromatic carbocycles.